The third-order valence-electron chi connectivity index (χ3n) is 3.57. The number of halogens is 1. The number of nitrogens with zero attached hydrogens (tertiary/aromatic N) is 1. The van der Waals surface area contributed by atoms with Crippen molar-refractivity contribution in [2.45, 2.75) is 26.2 Å². The number of likely N-dealkylation sites (tertiary alicyclic amines) is 1. The van der Waals surface area contributed by atoms with Gasteiger partial charge in [0, 0.05) is 24.2 Å². The quantitative estimate of drug-likeness (QED) is 0.854. The molecule has 0 saturated carbocycles. The maximum absolute atomic E-state index is 12.1. The van der Waals surface area contributed by atoms with Crippen molar-refractivity contribution < 1.29 is 14.3 Å². The number of amides is 2. The number of methoxy groups -OCH3 is 1. The largest absolute Gasteiger partial charge is 0.495 e. The van der Waals surface area contributed by atoms with Gasteiger partial charge >= 0.3 is 11.8 Å². The molecule has 114 valence electrons. The van der Waals surface area contributed by atoms with Crippen molar-refractivity contribution in [3.05, 3.63) is 22.7 Å². The summed E-state index contributed by atoms with van der Waals surface area (Å²) < 4.78 is 5.18. The molecule has 0 spiro atoms. The number of nitrogens with one attached hydrogen (secondary N) is 1. The van der Waals surface area contributed by atoms with Gasteiger partial charge in [0.2, 0.25) is 0 Å². The first-order valence-electron chi connectivity index (χ1n) is 6.97. The van der Waals surface area contributed by atoms with Crippen LogP contribution in [-0.2, 0) is 9.59 Å². The highest BCUT2D eigenvalue weighted by Crippen LogP contribution is 2.30. The van der Waals surface area contributed by atoms with Crippen LogP contribution in [0.4, 0.5) is 5.69 Å². The summed E-state index contributed by atoms with van der Waals surface area (Å²) in [4.78, 5) is 25.8. The highest BCUT2D eigenvalue weighted by Gasteiger charge is 2.24. The zero-order chi connectivity index (χ0) is 15.4. The van der Waals surface area contributed by atoms with Crippen molar-refractivity contribution in [3.63, 3.8) is 0 Å². The minimum Gasteiger partial charge on any atom is -0.495 e. The van der Waals surface area contributed by atoms with Crippen LogP contribution in [0.15, 0.2) is 12.1 Å². The lowest BCUT2D eigenvalue weighted by Gasteiger charge is -2.26. The monoisotopic (exact) mass is 310 g/mol. The Morgan fingerprint density at radius 1 is 1.24 bits per heavy atom. The van der Waals surface area contributed by atoms with Crippen molar-refractivity contribution in [1.82, 2.24) is 4.90 Å². The van der Waals surface area contributed by atoms with E-state index in [2.05, 4.69) is 5.32 Å². The first-order chi connectivity index (χ1) is 10.0. The molecule has 0 aromatic heterocycles. The molecular formula is C15H19ClN2O3. The zero-order valence-electron chi connectivity index (χ0n) is 12.2. The third kappa shape index (κ3) is 3.67. The van der Waals surface area contributed by atoms with Gasteiger partial charge in [0.05, 0.1) is 12.8 Å². The van der Waals surface area contributed by atoms with Gasteiger partial charge < -0.3 is 15.0 Å². The van der Waals surface area contributed by atoms with Crippen molar-refractivity contribution >= 4 is 29.1 Å². The molecule has 1 aromatic carbocycles. The lowest BCUT2D eigenvalue weighted by Crippen LogP contribution is -2.42. The van der Waals surface area contributed by atoms with Crippen molar-refractivity contribution in [3.8, 4) is 5.75 Å². The molecule has 0 atom stereocenters. The van der Waals surface area contributed by atoms with Gasteiger partial charge in [-0.05, 0) is 37.8 Å². The minimum absolute atomic E-state index is 0.436. The number of hydrogen-bond donors (Lipinski definition) is 1. The predicted molar refractivity (Wildman–Crippen MR) is 81.8 cm³/mol. The van der Waals surface area contributed by atoms with Crippen LogP contribution in [0.1, 0.15) is 24.8 Å². The number of benzene rings is 1. The molecule has 1 heterocycles. The van der Waals surface area contributed by atoms with E-state index in [-0.39, 0.29) is 0 Å². The van der Waals surface area contributed by atoms with Crippen LogP contribution in [0.25, 0.3) is 0 Å². The maximum Gasteiger partial charge on any atom is 0.314 e. The molecule has 21 heavy (non-hydrogen) atoms. The molecule has 0 aliphatic carbocycles. The lowest BCUT2D eigenvalue weighted by atomic mass is 10.1. The summed E-state index contributed by atoms with van der Waals surface area (Å²) >= 11 is 6.02. The lowest BCUT2D eigenvalue weighted by molar-refractivity contribution is -0.143. The Morgan fingerprint density at radius 3 is 2.52 bits per heavy atom. The number of carbonyl (C=O) groups is 2. The van der Waals surface area contributed by atoms with Gasteiger partial charge in [0.25, 0.3) is 0 Å². The van der Waals surface area contributed by atoms with Crippen LogP contribution in [-0.4, -0.2) is 36.9 Å². The first-order valence-corrected chi connectivity index (χ1v) is 7.35. The fourth-order valence-electron chi connectivity index (χ4n) is 2.35. The molecule has 1 saturated heterocycles. The topological polar surface area (TPSA) is 58.6 Å². The van der Waals surface area contributed by atoms with E-state index in [0.29, 0.717) is 29.5 Å². The van der Waals surface area contributed by atoms with Gasteiger partial charge in [-0.15, -0.1) is 0 Å². The van der Waals surface area contributed by atoms with Crippen LogP contribution < -0.4 is 10.1 Å². The van der Waals surface area contributed by atoms with Gasteiger partial charge in [-0.1, -0.05) is 11.6 Å². The molecule has 6 heteroatoms. The molecular weight excluding hydrogens is 292 g/mol. The van der Waals surface area contributed by atoms with Gasteiger partial charge in [-0.3, -0.25) is 9.59 Å². The fourth-order valence-corrected chi connectivity index (χ4v) is 2.50. The molecule has 2 amide bonds. The van der Waals surface area contributed by atoms with Crippen LogP contribution >= 0.6 is 11.6 Å². The Morgan fingerprint density at radius 2 is 1.90 bits per heavy atom. The molecule has 1 N–H and O–H groups in total. The Kier molecular flexibility index (Phi) is 5.07. The second kappa shape index (κ2) is 6.80. The van der Waals surface area contributed by atoms with Gasteiger partial charge in [0.1, 0.15) is 5.75 Å². The summed E-state index contributed by atoms with van der Waals surface area (Å²) in [7, 11) is 1.49. The Labute approximate surface area is 129 Å². The molecule has 1 aromatic rings. The van der Waals surface area contributed by atoms with Crippen LogP contribution in [0, 0.1) is 6.92 Å². The fraction of sp³-hybridized carbons (Fsp3) is 0.467. The van der Waals surface area contributed by atoms with Crippen LogP contribution in [0.5, 0.6) is 5.75 Å². The number of carbonyl (C=O) groups excluding carboxylic acids is 2. The Hall–Kier alpha value is -1.75. The number of rotatable bonds is 2. The van der Waals surface area contributed by atoms with Crippen molar-refractivity contribution in [1.29, 1.82) is 0 Å². The second-order valence-electron chi connectivity index (χ2n) is 5.11. The molecule has 5 nitrogen and oxygen atoms in total. The summed E-state index contributed by atoms with van der Waals surface area (Å²) in [6.07, 6.45) is 3.00. The highest BCUT2D eigenvalue weighted by molar-refractivity contribution is 6.39. The van der Waals surface area contributed by atoms with Gasteiger partial charge in [-0.25, -0.2) is 0 Å². The summed E-state index contributed by atoms with van der Waals surface area (Å²) in [6.45, 7) is 3.11. The van der Waals surface area contributed by atoms with E-state index in [9.17, 15) is 9.59 Å². The summed E-state index contributed by atoms with van der Waals surface area (Å²) in [6, 6.07) is 3.32. The average Bonchev–Trinajstić information content (AvgIpc) is 2.50. The molecule has 0 unspecified atom stereocenters. The smallest absolute Gasteiger partial charge is 0.314 e. The molecule has 1 fully saturated rings. The minimum atomic E-state index is -0.642. The zero-order valence-corrected chi connectivity index (χ0v) is 13.0. The van der Waals surface area contributed by atoms with Crippen LogP contribution in [0.3, 0.4) is 0 Å². The van der Waals surface area contributed by atoms with E-state index >= 15 is 0 Å². The standard InChI is InChI=1S/C15H19ClN2O3/c1-10-8-12(13(21-2)9-11(10)16)17-14(19)15(20)18-6-4-3-5-7-18/h8-9H,3-7H2,1-2H3,(H,17,19). The Balaban J connectivity index is 2.11. The number of aryl methyl sites for hydroxylation is 1. The molecule has 1 aliphatic heterocycles. The first kappa shape index (κ1) is 15.6. The van der Waals surface area contributed by atoms with Crippen LogP contribution in [0.2, 0.25) is 5.02 Å². The summed E-state index contributed by atoms with van der Waals surface area (Å²) in [5, 5.41) is 3.16. The van der Waals surface area contributed by atoms with E-state index in [1.807, 2.05) is 6.92 Å². The third-order valence-corrected chi connectivity index (χ3v) is 3.97. The molecule has 0 bridgehead atoms. The van der Waals surface area contributed by atoms with E-state index in [0.717, 1.165) is 24.8 Å². The van der Waals surface area contributed by atoms with E-state index in [1.165, 1.54) is 7.11 Å². The van der Waals surface area contributed by atoms with Crippen molar-refractivity contribution in [2.24, 2.45) is 0 Å². The van der Waals surface area contributed by atoms with Gasteiger partial charge in [-0.2, -0.15) is 0 Å². The number of ether oxygens (including phenoxy) is 1. The molecule has 1 aliphatic rings. The summed E-state index contributed by atoms with van der Waals surface area (Å²) in [5.74, 6) is -0.702. The maximum atomic E-state index is 12.1. The predicted octanol–water partition coefficient (Wildman–Crippen LogP) is 2.61. The summed E-state index contributed by atoms with van der Waals surface area (Å²) in [5.41, 5.74) is 1.26. The Bertz CT molecular complexity index is 554. The normalized spacial score (nSPS) is 14.7. The van der Waals surface area contributed by atoms with E-state index < -0.39 is 11.8 Å². The highest BCUT2D eigenvalue weighted by atomic mass is 35.5. The SMILES string of the molecule is COc1cc(Cl)c(C)cc1NC(=O)C(=O)N1CCCCC1. The van der Waals surface area contributed by atoms with Gasteiger partial charge in [0.15, 0.2) is 0 Å². The van der Waals surface area contributed by atoms with Crippen molar-refractivity contribution in [2.75, 3.05) is 25.5 Å². The molecule has 2 rings (SSSR count). The van der Waals surface area contributed by atoms with E-state index in [4.69, 9.17) is 16.3 Å². The number of anilines is 1. The number of piperidine rings is 1. The average molecular weight is 311 g/mol. The molecule has 0 radical (unpaired) electrons. The van der Waals surface area contributed by atoms with E-state index in [1.54, 1.807) is 17.0 Å². The second-order valence-corrected chi connectivity index (χ2v) is 5.52. The number of hydrogen-bond acceptors (Lipinski definition) is 3.